The monoisotopic (exact) mass is 502 g/mol. The minimum absolute atomic E-state index is 0.0650. The van der Waals surface area contributed by atoms with Crippen LogP contribution in [0.3, 0.4) is 0 Å². The predicted molar refractivity (Wildman–Crippen MR) is 130 cm³/mol. The second-order valence-electron chi connectivity index (χ2n) is 9.28. The molecule has 1 atom stereocenters. The van der Waals surface area contributed by atoms with E-state index >= 15 is 0 Å². The van der Waals surface area contributed by atoms with Crippen molar-refractivity contribution >= 4 is 0 Å². The molecule has 1 aliphatic rings. The first kappa shape index (κ1) is 26.0. The van der Waals surface area contributed by atoms with Crippen LogP contribution in [0.5, 0.6) is 11.5 Å². The van der Waals surface area contributed by atoms with Gasteiger partial charge in [-0.2, -0.15) is 4.39 Å². The van der Waals surface area contributed by atoms with E-state index in [9.17, 15) is 22.7 Å². The number of ether oxygens (including phenoxy) is 2. The van der Waals surface area contributed by atoms with Crippen molar-refractivity contribution in [1.29, 1.82) is 0 Å². The molecule has 0 radical (unpaired) electrons. The van der Waals surface area contributed by atoms with Crippen LogP contribution in [0.1, 0.15) is 56.6 Å². The van der Waals surface area contributed by atoms with Crippen LogP contribution < -0.4 is 9.47 Å². The predicted octanol–water partition coefficient (Wildman–Crippen LogP) is 7.54. The molecule has 1 fully saturated rings. The lowest BCUT2D eigenvalue weighted by Gasteiger charge is -2.30. The first-order valence-corrected chi connectivity index (χ1v) is 12.3. The van der Waals surface area contributed by atoms with Crippen LogP contribution in [-0.2, 0) is 6.61 Å². The Hall–Kier alpha value is -3.06. The minimum atomic E-state index is -1.05. The third-order valence-electron chi connectivity index (χ3n) is 6.99. The molecule has 7 heteroatoms. The summed E-state index contributed by atoms with van der Waals surface area (Å²) in [5, 5.41) is 9.76. The molecule has 192 valence electrons. The third kappa shape index (κ3) is 5.51. The largest absolute Gasteiger partial charge is 0.491 e. The Kier molecular flexibility index (Phi) is 8.19. The Balaban J connectivity index is 1.41. The second kappa shape index (κ2) is 11.3. The number of hydrogen-bond donors (Lipinski definition) is 1. The van der Waals surface area contributed by atoms with E-state index in [1.165, 1.54) is 12.1 Å². The summed E-state index contributed by atoms with van der Waals surface area (Å²) >= 11 is 0. The van der Waals surface area contributed by atoms with E-state index in [0.717, 1.165) is 12.8 Å². The van der Waals surface area contributed by atoms with Gasteiger partial charge in [-0.3, -0.25) is 0 Å². The SMILES string of the molecule is CCOc1ccc(-c2ccc(OCc3ccc(C4CCC(C(C)O)CC4)c(F)c3F)cc2)c(F)c1F. The maximum absolute atomic E-state index is 14.9. The van der Waals surface area contributed by atoms with Crippen LogP contribution in [0.25, 0.3) is 11.1 Å². The average molecular weight is 503 g/mol. The average Bonchev–Trinajstić information content (AvgIpc) is 2.88. The molecule has 0 heterocycles. The van der Waals surface area contributed by atoms with E-state index in [1.807, 2.05) is 0 Å². The molecule has 1 aliphatic carbocycles. The van der Waals surface area contributed by atoms with Crippen molar-refractivity contribution < 1.29 is 32.1 Å². The third-order valence-corrected chi connectivity index (χ3v) is 6.99. The molecule has 4 rings (SSSR count). The Morgan fingerprint density at radius 2 is 1.50 bits per heavy atom. The van der Waals surface area contributed by atoms with Crippen LogP contribution in [0.15, 0.2) is 48.5 Å². The van der Waals surface area contributed by atoms with Gasteiger partial charge in [0.05, 0.1) is 12.7 Å². The minimum Gasteiger partial charge on any atom is -0.491 e. The lowest BCUT2D eigenvalue weighted by atomic mass is 9.76. The van der Waals surface area contributed by atoms with Crippen molar-refractivity contribution in [2.24, 2.45) is 5.92 Å². The molecule has 0 saturated heterocycles. The molecule has 0 aromatic heterocycles. The van der Waals surface area contributed by atoms with Crippen molar-refractivity contribution in [2.45, 2.75) is 58.2 Å². The first-order valence-electron chi connectivity index (χ1n) is 12.3. The van der Waals surface area contributed by atoms with Gasteiger partial charge in [0, 0.05) is 11.1 Å². The van der Waals surface area contributed by atoms with Crippen LogP contribution in [0, 0.1) is 29.2 Å². The highest BCUT2D eigenvalue weighted by molar-refractivity contribution is 5.66. The summed E-state index contributed by atoms with van der Waals surface area (Å²) in [7, 11) is 0. The van der Waals surface area contributed by atoms with Gasteiger partial charge in [-0.25, -0.2) is 13.2 Å². The summed E-state index contributed by atoms with van der Waals surface area (Å²) in [4.78, 5) is 0. The smallest absolute Gasteiger partial charge is 0.201 e. The number of aliphatic hydroxyl groups is 1. The maximum atomic E-state index is 14.9. The molecule has 0 bridgehead atoms. The number of aliphatic hydroxyl groups excluding tert-OH is 1. The molecule has 0 amide bonds. The molecule has 36 heavy (non-hydrogen) atoms. The molecule has 0 spiro atoms. The van der Waals surface area contributed by atoms with Crippen molar-refractivity contribution in [3.8, 4) is 22.6 Å². The van der Waals surface area contributed by atoms with Gasteiger partial charge in [0.2, 0.25) is 5.82 Å². The summed E-state index contributed by atoms with van der Waals surface area (Å²) < 4.78 is 69.0. The van der Waals surface area contributed by atoms with Crippen molar-refractivity contribution in [2.75, 3.05) is 6.61 Å². The molecule has 1 unspecified atom stereocenters. The molecule has 3 aromatic carbocycles. The molecule has 3 nitrogen and oxygen atoms in total. The zero-order valence-corrected chi connectivity index (χ0v) is 20.4. The van der Waals surface area contributed by atoms with Crippen molar-refractivity contribution in [3.05, 3.63) is 82.9 Å². The summed E-state index contributed by atoms with van der Waals surface area (Å²) in [5.74, 6) is -3.45. The molecular formula is C29H30F4O3. The normalized spacial score (nSPS) is 18.6. The van der Waals surface area contributed by atoms with Crippen LogP contribution in [0.2, 0.25) is 0 Å². The van der Waals surface area contributed by atoms with Crippen LogP contribution in [0.4, 0.5) is 17.6 Å². The van der Waals surface area contributed by atoms with Gasteiger partial charge >= 0.3 is 0 Å². The van der Waals surface area contributed by atoms with Gasteiger partial charge in [0.25, 0.3) is 0 Å². The Labute approximate surface area is 208 Å². The van der Waals surface area contributed by atoms with Gasteiger partial charge in [0.1, 0.15) is 12.4 Å². The lowest BCUT2D eigenvalue weighted by Crippen LogP contribution is -2.23. The molecule has 0 aliphatic heterocycles. The lowest BCUT2D eigenvalue weighted by molar-refractivity contribution is 0.0963. The van der Waals surface area contributed by atoms with E-state index in [4.69, 9.17) is 9.47 Å². The second-order valence-corrected chi connectivity index (χ2v) is 9.28. The Morgan fingerprint density at radius 1 is 0.806 bits per heavy atom. The summed E-state index contributed by atoms with van der Waals surface area (Å²) in [6, 6.07) is 12.2. The molecular weight excluding hydrogens is 472 g/mol. The highest BCUT2D eigenvalue weighted by Crippen LogP contribution is 2.39. The van der Waals surface area contributed by atoms with Gasteiger partial charge in [-0.05, 0) is 86.8 Å². The van der Waals surface area contributed by atoms with Crippen LogP contribution >= 0.6 is 0 Å². The van der Waals surface area contributed by atoms with Crippen molar-refractivity contribution in [1.82, 2.24) is 0 Å². The van der Waals surface area contributed by atoms with E-state index in [-0.39, 0.29) is 48.0 Å². The van der Waals surface area contributed by atoms with E-state index in [1.54, 1.807) is 50.2 Å². The van der Waals surface area contributed by atoms with E-state index in [2.05, 4.69) is 0 Å². The number of rotatable bonds is 8. The van der Waals surface area contributed by atoms with Crippen molar-refractivity contribution in [3.63, 3.8) is 0 Å². The molecule has 1 saturated carbocycles. The Morgan fingerprint density at radius 3 is 2.14 bits per heavy atom. The van der Waals surface area contributed by atoms with Gasteiger partial charge < -0.3 is 14.6 Å². The standard InChI is InChI=1S/C29H30F4O3/c1-3-35-25-15-14-24(28(32)29(25)33)20-8-11-22(12-9-20)36-16-21-10-13-23(27(31)26(21)30)19-6-4-18(5-7-19)17(2)34/h8-15,17-19,34H,3-7,16H2,1-2H3. The fraction of sp³-hybridized carbons (Fsp3) is 0.379. The maximum Gasteiger partial charge on any atom is 0.201 e. The first-order chi connectivity index (χ1) is 17.3. The fourth-order valence-corrected chi connectivity index (χ4v) is 4.86. The molecule has 3 aromatic rings. The highest BCUT2D eigenvalue weighted by Gasteiger charge is 2.28. The zero-order chi connectivity index (χ0) is 25.8. The quantitative estimate of drug-likeness (QED) is 0.324. The number of benzene rings is 3. The summed E-state index contributed by atoms with van der Waals surface area (Å²) in [6.07, 6.45) is 2.62. The van der Waals surface area contributed by atoms with E-state index in [0.29, 0.717) is 29.7 Å². The number of hydrogen-bond acceptors (Lipinski definition) is 3. The van der Waals surface area contributed by atoms with Gasteiger partial charge in [-0.15, -0.1) is 0 Å². The molecule has 1 N–H and O–H groups in total. The fourth-order valence-electron chi connectivity index (χ4n) is 4.86. The number of halogens is 4. The van der Waals surface area contributed by atoms with Gasteiger partial charge in [0.15, 0.2) is 23.2 Å². The Bertz CT molecular complexity index is 1190. The summed E-state index contributed by atoms with van der Waals surface area (Å²) in [6.45, 7) is 3.50. The van der Waals surface area contributed by atoms with Crippen LogP contribution in [-0.4, -0.2) is 17.8 Å². The van der Waals surface area contributed by atoms with Gasteiger partial charge in [-0.1, -0.05) is 24.3 Å². The van der Waals surface area contributed by atoms with E-state index < -0.39 is 23.3 Å². The highest BCUT2D eigenvalue weighted by atomic mass is 19.2. The zero-order valence-electron chi connectivity index (χ0n) is 20.4. The topological polar surface area (TPSA) is 38.7 Å². The summed E-state index contributed by atoms with van der Waals surface area (Å²) in [5.41, 5.74) is 0.981.